The lowest BCUT2D eigenvalue weighted by atomic mass is 10.2. The Hall–Kier alpha value is -0.580. The van der Waals surface area contributed by atoms with E-state index in [1.54, 1.807) is 0 Å². The van der Waals surface area contributed by atoms with E-state index in [1.165, 1.54) is 18.1 Å². The highest BCUT2D eigenvalue weighted by atomic mass is 32.2. The Labute approximate surface area is 101 Å². The minimum Gasteiger partial charge on any atom is -0.326 e. The van der Waals surface area contributed by atoms with Crippen LogP contribution in [0.15, 0.2) is 18.3 Å². The van der Waals surface area contributed by atoms with Crippen molar-refractivity contribution >= 4 is 11.8 Å². The van der Waals surface area contributed by atoms with Gasteiger partial charge >= 0.3 is 0 Å². The van der Waals surface area contributed by atoms with Crippen molar-refractivity contribution in [3.8, 4) is 0 Å². The molecule has 1 atom stereocenters. The number of nitrogens with zero attached hydrogens (tertiary/aromatic N) is 2. The van der Waals surface area contributed by atoms with Crippen molar-refractivity contribution in [1.82, 2.24) is 9.88 Å². The summed E-state index contributed by atoms with van der Waals surface area (Å²) in [6, 6.07) is 4.83. The molecule has 0 amide bonds. The second-order valence-corrected chi connectivity index (χ2v) is 5.41. The topological polar surface area (TPSA) is 42.1 Å². The van der Waals surface area contributed by atoms with Crippen molar-refractivity contribution in [3.05, 3.63) is 29.6 Å². The summed E-state index contributed by atoms with van der Waals surface area (Å²) in [7, 11) is 0. The third-order valence-corrected chi connectivity index (χ3v) is 4.18. The fraction of sp³-hybridized carbons (Fsp3) is 0.583. The Balaban J connectivity index is 1.96. The SMILES string of the molecule is CC1CSCCN1Cc1ccc(CN)cn1. The van der Waals surface area contributed by atoms with E-state index in [4.69, 9.17) is 5.73 Å². The molecule has 1 saturated heterocycles. The predicted octanol–water partition coefficient (Wildman–Crippen LogP) is 1.48. The van der Waals surface area contributed by atoms with Crippen LogP contribution >= 0.6 is 11.8 Å². The van der Waals surface area contributed by atoms with Crippen molar-refractivity contribution < 1.29 is 0 Å². The molecule has 2 heterocycles. The molecule has 0 aromatic carbocycles. The van der Waals surface area contributed by atoms with Gasteiger partial charge in [-0.1, -0.05) is 6.07 Å². The lowest BCUT2D eigenvalue weighted by molar-refractivity contribution is 0.221. The molecule has 0 aliphatic carbocycles. The molecular formula is C12H19N3S. The van der Waals surface area contributed by atoms with Gasteiger partial charge in [-0.05, 0) is 18.6 Å². The summed E-state index contributed by atoms with van der Waals surface area (Å²) in [5, 5.41) is 0. The average molecular weight is 237 g/mol. The molecule has 0 spiro atoms. The Morgan fingerprint density at radius 1 is 1.56 bits per heavy atom. The van der Waals surface area contributed by atoms with Crippen LogP contribution in [0, 0.1) is 0 Å². The van der Waals surface area contributed by atoms with Crippen LogP contribution in [0.2, 0.25) is 0 Å². The fourth-order valence-electron chi connectivity index (χ4n) is 1.87. The molecule has 2 rings (SSSR count). The number of nitrogens with two attached hydrogens (primary N) is 1. The first-order valence-electron chi connectivity index (χ1n) is 5.75. The maximum atomic E-state index is 5.55. The van der Waals surface area contributed by atoms with Gasteiger partial charge in [0, 0.05) is 43.4 Å². The predicted molar refractivity (Wildman–Crippen MR) is 69.3 cm³/mol. The van der Waals surface area contributed by atoms with Gasteiger partial charge in [0.2, 0.25) is 0 Å². The summed E-state index contributed by atoms with van der Waals surface area (Å²) in [5.74, 6) is 2.48. The van der Waals surface area contributed by atoms with Crippen molar-refractivity contribution in [2.75, 3.05) is 18.1 Å². The van der Waals surface area contributed by atoms with Gasteiger partial charge in [-0.2, -0.15) is 11.8 Å². The zero-order valence-electron chi connectivity index (χ0n) is 9.72. The first-order chi connectivity index (χ1) is 7.79. The molecule has 4 heteroatoms. The molecule has 1 aromatic heterocycles. The van der Waals surface area contributed by atoms with Gasteiger partial charge in [-0.3, -0.25) is 9.88 Å². The van der Waals surface area contributed by atoms with Gasteiger partial charge < -0.3 is 5.73 Å². The quantitative estimate of drug-likeness (QED) is 0.864. The zero-order valence-corrected chi connectivity index (χ0v) is 10.5. The molecular weight excluding hydrogens is 218 g/mol. The second kappa shape index (κ2) is 5.66. The third-order valence-electron chi connectivity index (χ3n) is 2.99. The van der Waals surface area contributed by atoms with Gasteiger partial charge in [0.25, 0.3) is 0 Å². The van der Waals surface area contributed by atoms with E-state index >= 15 is 0 Å². The Bertz CT molecular complexity index is 326. The zero-order chi connectivity index (χ0) is 11.4. The van der Waals surface area contributed by atoms with E-state index in [-0.39, 0.29) is 0 Å². The molecule has 0 saturated carbocycles. The molecule has 1 aliphatic rings. The summed E-state index contributed by atoms with van der Waals surface area (Å²) in [5.41, 5.74) is 7.80. The van der Waals surface area contributed by atoms with Gasteiger partial charge in [0.05, 0.1) is 5.69 Å². The van der Waals surface area contributed by atoms with Crippen LogP contribution in [0.3, 0.4) is 0 Å². The minimum atomic E-state index is 0.573. The van der Waals surface area contributed by atoms with Crippen molar-refractivity contribution in [2.45, 2.75) is 26.1 Å². The summed E-state index contributed by atoms with van der Waals surface area (Å²) >= 11 is 2.04. The van der Waals surface area contributed by atoms with E-state index in [0.29, 0.717) is 12.6 Å². The number of hydrogen-bond donors (Lipinski definition) is 1. The number of thioether (sulfide) groups is 1. The fourth-order valence-corrected chi connectivity index (χ4v) is 2.96. The van der Waals surface area contributed by atoms with Crippen LogP contribution in [0.4, 0.5) is 0 Å². The van der Waals surface area contributed by atoms with Crippen molar-refractivity contribution in [2.24, 2.45) is 5.73 Å². The first kappa shape index (κ1) is 11.9. The molecule has 88 valence electrons. The molecule has 0 bridgehead atoms. The lowest BCUT2D eigenvalue weighted by Gasteiger charge is -2.32. The monoisotopic (exact) mass is 237 g/mol. The van der Waals surface area contributed by atoms with Gasteiger partial charge in [-0.25, -0.2) is 0 Å². The standard InChI is InChI=1S/C12H19N3S/c1-10-9-16-5-4-15(10)8-12-3-2-11(6-13)7-14-12/h2-3,7,10H,4-6,8-9,13H2,1H3. The first-order valence-corrected chi connectivity index (χ1v) is 6.90. The van der Waals surface area contributed by atoms with Gasteiger partial charge in [0.15, 0.2) is 0 Å². The molecule has 3 nitrogen and oxygen atoms in total. The van der Waals surface area contributed by atoms with E-state index in [0.717, 1.165) is 17.8 Å². The summed E-state index contributed by atoms with van der Waals surface area (Å²) in [4.78, 5) is 6.95. The molecule has 16 heavy (non-hydrogen) atoms. The van der Waals surface area contributed by atoms with E-state index < -0.39 is 0 Å². The number of aromatic nitrogens is 1. The Morgan fingerprint density at radius 3 is 3.06 bits per heavy atom. The van der Waals surface area contributed by atoms with E-state index in [9.17, 15) is 0 Å². The molecule has 1 aromatic rings. The van der Waals surface area contributed by atoms with Gasteiger partial charge in [0.1, 0.15) is 0 Å². The van der Waals surface area contributed by atoms with Crippen LogP contribution in [-0.4, -0.2) is 34.0 Å². The van der Waals surface area contributed by atoms with Crippen LogP contribution in [0.1, 0.15) is 18.2 Å². The Kier molecular flexibility index (Phi) is 4.21. The average Bonchev–Trinajstić information content (AvgIpc) is 2.33. The largest absolute Gasteiger partial charge is 0.326 e. The summed E-state index contributed by atoms with van der Waals surface area (Å²) in [6.07, 6.45) is 1.89. The molecule has 2 N–H and O–H groups in total. The van der Waals surface area contributed by atoms with Crippen molar-refractivity contribution in [1.29, 1.82) is 0 Å². The smallest absolute Gasteiger partial charge is 0.0544 e. The maximum Gasteiger partial charge on any atom is 0.0544 e. The van der Waals surface area contributed by atoms with Crippen molar-refractivity contribution in [3.63, 3.8) is 0 Å². The molecule has 1 fully saturated rings. The lowest BCUT2D eigenvalue weighted by Crippen LogP contribution is -2.39. The normalized spacial score (nSPS) is 22.2. The highest BCUT2D eigenvalue weighted by Gasteiger charge is 2.18. The van der Waals surface area contributed by atoms with Crippen LogP contribution in [-0.2, 0) is 13.1 Å². The second-order valence-electron chi connectivity index (χ2n) is 4.26. The minimum absolute atomic E-state index is 0.573. The molecule has 0 radical (unpaired) electrons. The highest BCUT2D eigenvalue weighted by Crippen LogP contribution is 2.17. The molecule has 1 unspecified atom stereocenters. The van der Waals surface area contributed by atoms with Crippen LogP contribution in [0.25, 0.3) is 0 Å². The number of pyridine rings is 1. The van der Waals surface area contributed by atoms with Crippen LogP contribution in [0.5, 0.6) is 0 Å². The number of hydrogen-bond acceptors (Lipinski definition) is 4. The van der Waals surface area contributed by atoms with Gasteiger partial charge in [-0.15, -0.1) is 0 Å². The summed E-state index contributed by atoms with van der Waals surface area (Å²) < 4.78 is 0. The Morgan fingerprint density at radius 2 is 2.44 bits per heavy atom. The van der Waals surface area contributed by atoms with E-state index in [1.807, 2.05) is 18.0 Å². The third kappa shape index (κ3) is 2.97. The maximum absolute atomic E-state index is 5.55. The molecule has 1 aliphatic heterocycles. The summed E-state index contributed by atoms with van der Waals surface area (Å²) in [6.45, 7) is 5.00. The van der Waals surface area contributed by atoms with E-state index in [2.05, 4.69) is 28.9 Å². The highest BCUT2D eigenvalue weighted by molar-refractivity contribution is 7.99. The van der Waals surface area contributed by atoms with Crippen LogP contribution < -0.4 is 5.73 Å². The number of rotatable bonds is 3.